The fourth-order valence-electron chi connectivity index (χ4n) is 3.24. The molecule has 1 amide bonds. The van der Waals surface area contributed by atoms with Crippen molar-refractivity contribution in [3.05, 3.63) is 77.4 Å². The van der Waals surface area contributed by atoms with Gasteiger partial charge in [-0.15, -0.1) is 0 Å². The van der Waals surface area contributed by atoms with Crippen molar-refractivity contribution in [2.75, 3.05) is 0 Å². The molecule has 27 heavy (non-hydrogen) atoms. The molecule has 1 atom stereocenters. The van der Waals surface area contributed by atoms with Gasteiger partial charge in [0.05, 0.1) is 0 Å². The van der Waals surface area contributed by atoms with Crippen molar-refractivity contribution in [3.8, 4) is 5.75 Å². The quantitative estimate of drug-likeness (QED) is 0.642. The maximum Gasteiger partial charge on any atom is 0.261 e. The molecule has 3 rings (SSSR count). The molecule has 0 saturated carbocycles. The molecule has 0 unspecified atom stereocenters. The summed E-state index contributed by atoms with van der Waals surface area (Å²) in [6, 6.07) is 20.5. The fourth-order valence-corrected chi connectivity index (χ4v) is 3.24. The van der Waals surface area contributed by atoms with E-state index in [-0.39, 0.29) is 5.91 Å². The molecule has 0 radical (unpaired) electrons. The molecule has 0 saturated heterocycles. The van der Waals surface area contributed by atoms with E-state index in [2.05, 4.69) is 49.5 Å². The summed E-state index contributed by atoms with van der Waals surface area (Å²) in [4.78, 5) is 12.6. The summed E-state index contributed by atoms with van der Waals surface area (Å²) in [6.07, 6.45) is -0.556. The van der Waals surface area contributed by atoms with E-state index in [9.17, 15) is 4.79 Å². The predicted molar refractivity (Wildman–Crippen MR) is 111 cm³/mol. The van der Waals surface area contributed by atoms with Gasteiger partial charge in [0.25, 0.3) is 5.91 Å². The summed E-state index contributed by atoms with van der Waals surface area (Å²) in [6.45, 7) is 8.57. The van der Waals surface area contributed by atoms with E-state index in [1.807, 2.05) is 37.3 Å². The number of ether oxygens (including phenoxy) is 1. The van der Waals surface area contributed by atoms with Gasteiger partial charge in [-0.3, -0.25) is 4.79 Å². The normalized spacial score (nSPS) is 12.2. The molecular formula is C24H27NO2. The van der Waals surface area contributed by atoms with Crippen LogP contribution in [0.1, 0.15) is 43.4 Å². The summed E-state index contributed by atoms with van der Waals surface area (Å²) >= 11 is 0. The van der Waals surface area contributed by atoms with Gasteiger partial charge in [-0.1, -0.05) is 68.4 Å². The fraction of sp³-hybridized carbons (Fsp3) is 0.292. The second-order valence-corrected chi connectivity index (χ2v) is 7.31. The SMILES string of the molecule is Cc1ccc(C(C)C)c(O[C@@H](C)C(=O)NCc2cccc3ccccc23)c1. The highest BCUT2D eigenvalue weighted by molar-refractivity contribution is 5.86. The van der Waals surface area contributed by atoms with Gasteiger partial charge in [0.15, 0.2) is 6.10 Å². The molecule has 0 heterocycles. The molecule has 0 spiro atoms. The van der Waals surface area contributed by atoms with Crippen LogP contribution in [0.3, 0.4) is 0 Å². The first-order chi connectivity index (χ1) is 13.0. The Morgan fingerprint density at radius 3 is 2.52 bits per heavy atom. The Morgan fingerprint density at radius 1 is 1.00 bits per heavy atom. The van der Waals surface area contributed by atoms with E-state index in [1.54, 1.807) is 6.92 Å². The number of carbonyl (C=O) groups excluding carboxylic acids is 1. The third-order valence-electron chi connectivity index (χ3n) is 4.80. The molecular weight excluding hydrogens is 334 g/mol. The molecule has 0 aromatic heterocycles. The number of nitrogens with one attached hydrogen (secondary N) is 1. The lowest BCUT2D eigenvalue weighted by atomic mass is 10.0. The average molecular weight is 361 g/mol. The second-order valence-electron chi connectivity index (χ2n) is 7.31. The van der Waals surface area contributed by atoms with Gasteiger partial charge >= 0.3 is 0 Å². The lowest BCUT2D eigenvalue weighted by Crippen LogP contribution is -2.36. The minimum Gasteiger partial charge on any atom is -0.481 e. The number of benzene rings is 3. The highest BCUT2D eigenvalue weighted by Crippen LogP contribution is 2.28. The first-order valence-corrected chi connectivity index (χ1v) is 9.47. The summed E-state index contributed by atoms with van der Waals surface area (Å²) in [7, 11) is 0. The van der Waals surface area contributed by atoms with Gasteiger partial charge in [-0.05, 0) is 53.3 Å². The smallest absolute Gasteiger partial charge is 0.261 e. The van der Waals surface area contributed by atoms with Gasteiger partial charge in [0, 0.05) is 6.54 Å². The molecule has 3 aromatic carbocycles. The third-order valence-corrected chi connectivity index (χ3v) is 4.80. The molecule has 3 nitrogen and oxygen atoms in total. The molecule has 0 fully saturated rings. The van der Waals surface area contributed by atoms with Gasteiger partial charge in [-0.2, -0.15) is 0 Å². The number of hydrogen-bond donors (Lipinski definition) is 1. The summed E-state index contributed by atoms with van der Waals surface area (Å²) < 4.78 is 6.01. The van der Waals surface area contributed by atoms with Crippen molar-refractivity contribution < 1.29 is 9.53 Å². The average Bonchev–Trinajstić information content (AvgIpc) is 2.65. The topological polar surface area (TPSA) is 38.3 Å². The Balaban J connectivity index is 1.69. The second kappa shape index (κ2) is 8.26. The van der Waals surface area contributed by atoms with Gasteiger partial charge in [0.1, 0.15) is 5.75 Å². The van der Waals surface area contributed by atoms with E-state index in [4.69, 9.17) is 4.74 Å². The van der Waals surface area contributed by atoms with Crippen LogP contribution >= 0.6 is 0 Å². The van der Waals surface area contributed by atoms with Gasteiger partial charge < -0.3 is 10.1 Å². The van der Waals surface area contributed by atoms with Crippen LogP contribution in [0.2, 0.25) is 0 Å². The van der Waals surface area contributed by atoms with Crippen molar-refractivity contribution in [1.82, 2.24) is 5.32 Å². The first-order valence-electron chi connectivity index (χ1n) is 9.47. The minimum atomic E-state index is -0.556. The largest absolute Gasteiger partial charge is 0.481 e. The van der Waals surface area contributed by atoms with E-state index in [1.165, 1.54) is 5.39 Å². The van der Waals surface area contributed by atoms with Crippen LogP contribution in [0.15, 0.2) is 60.7 Å². The molecule has 0 aliphatic carbocycles. The van der Waals surface area contributed by atoms with E-state index in [0.717, 1.165) is 27.8 Å². The lowest BCUT2D eigenvalue weighted by Gasteiger charge is -2.19. The van der Waals surface area contributed by atoms with Crippen LogP contribution in [-0.2, 0) is 11.3 Å². The molecule has 0 aliphatic heterocycles. The van der Waals surface area contributed by atoms with E-state index >= 15 is 0 Å². The number of amides is 1. The maximum atomic E-state index is 12.6. The zero-order valence-corrected chi connectivity index (χ0v) is 16.5. The van der Waals surface area contributed by atoms with Crippen LogP contribution in [0.25, 0.3) is 10.8 Å². The Kier molecular flexibility index (Phi) is 5.80. The number of hydrogen-bond acceptors (Lipinski definition) is 2. The van der Waals surface area contributed by atoms with Crippen LogP contribution in [-0.4, -0.2) is 12.0 Å². The molecule has 3 aromatic rings. The lowest BCUT2D eigenvalue weighted by molar-refractivity contribution is -0.127. The maximum absolute atomic E-state index is 12.6. The van der Waals surface area contributed by atoms with Gasteiger partial charge in [-0.25, -0.2) is 0 Å². The van der Waals surface area contributed by atoms with E-state index < -0.39 is 6.10 Å². The van der Waals surface area contributed by atoms with E-state index in [0.29, 0.717) is 12.5 Å². The Morgan fingerprint density at radius 2 is 1.74 bits per heavy atom. The summed E-state index contributed by atoms with van der Waals surface area (Å²) in [5.41, 5.74) is 3.35. The highest BCUT2D eigenvalue weighted by Gasteiger charge is 2.17. The van der Waals surface area contributed by atoms with Crippen molar-refractivity contribution >= 4 is 16.7 Å². The van der Waals surface area contributed by atoms with Crippen LogP contribution < -0.4 is 10.1 Å². The summed E-state index contributed by atoms with van der Waals surface area (Å²) in [5, 5.41) is 5.35. The zero-order chi connectivity index (χ0) is 19.4. The highest BCUT2D eigenvalue weighted by atomic mass is 16.5. The molecule has 140 valence electrons. The van der Waals surface area contributed by atoms with Crippen LogP contribution in [0.5, 0.6) is 5.75 Å². The summed E-state index contributed by atoms with van der Waals surface area (Å²) in [5.74, 6) is 1.02. The third kappa shape index (κ3) is 4.48. The van der Waals surface area contributed by atoms with Crippen molar-refractivity contribution in [1.29, 1.82) is 0 Å². The number of rotatable bonds is 6. The van der Waals surface area contributed by atoms with Crippen LogP contribution in [0, 0.1) is 6.92 Å². The van der Waals surface area contributed by atoms with Crippen LogP contribution in [0.4, 0.5) is 0 Å². The monoisotopic (exact) mass is 361 g/mol. The molecule has 1 N–H and O–H groups in total. The number of carbonyl (C=O) groups is 1. The zero-order valence-electron chi connectivity index (χ0n) is 16.5. The van der Waals surface area contributed by atoms with Gasteiger partial charge in [0.2, 0.25) is 0 Å². The van der Waals surface area contributed by atoms with Crippen molar-refractivity contribution in [2.45, 2.75) is 46.3 Å². The number of aryl methyl sites for hydroxylation is 1. The first kappa shape index (κ1) is 19.0. The molecule has 3 heteroatoms. The molecule has 0 bridgehead atoms. The molecule has 0 aliphatic rings. The Labute approximate surface area is 161 Å². The Bertz CT molecular complexity index is 941. The number of fused-ring (bicyclic) bond motifs is 1. The Hall–Kier alpha value is -2.81. The van der Waals surface area contributed by atoms with Crippen molar-refractivity contribution in [2.24, 2.45) is 0 Å². The standard InChI is InChI=1S/C24H27NO2/c1-16(2)21-13-12-17(3)14-23(21)27-18(4)24(26)25-15-20-10-7-9-19-8-5-6-11-22(19)20/h5-14,16,18H,15H2,1-4H3,(H,25,26)/t18-/m0/s1. The predicted octanol–water partition coefficient (Wildman–Crippen LogP) is 5.36. The van der Waals surface area contributed by atoms with Crippen molar-refractivity contribution in [3.63, 3.8) is 0 Å². The minimum absolute atomic E-state index is 0.112.